The van der Waals surface area contributed by atoms with E-state index in [2.05, 4.69) is 5.32 Å². The molecule has 0 spiro atoms. The van der Waals surface area contributed by atoms with Crippen LogP contribution in [0.1, 0.15) is 25.8 Å². The van der Waals surface area contributed by atoms with Gasteiger partial charge in [-0.1, -0.05) is 36.2 Å². The van der Waals surface area contributed by atoms with E-state index in [1.54, 1.807) is 12.1 Å². The Hall–Kier alpha value is -2.00. The molecule has 30 heavy (non-hydrogen) atoms. The second-order valence-electron chi connectivity index (χ2n) is 6.55. The average molecular weight is 475 g/mol. The van der Waals surface area contributed by atoms with E-state index in [-0.39, 0.29) is 29.8 Å². The van der Waals surface area contributed by atoms with Crippen LogP contribution < -0.4 is 9.62 Å². The molecular formula is C20H24Cl2N2O5S. The minimum Gasteiger partial charge on any atom is -0.448 e. The zero-order valence-electron chi connectivity index (χ0n) is 16.6. The van der Waals surface area contributed by atoms with Gasteiger partial charge in [-0.15, -0.1) is 0 Å². The van der Waals surface area contributed by atoms with Crippen LogP contribution in [0, 0.1) is 0 Å². The Kier molecular flexibility index (Phi) is 8.78. The third kappa shape index (κ3) is 6.25. The van der Waals surface area contributed by atoms with Gasteiger partial charge < -0.3 is 15.2 Å². The monoisotopic (exact) mass is 474 g/mol. The topological polar surface area (TPSA) is 95.9 Å². The van der Waals surface area contributed by atoms with Crippen molar-refractivity contribution in [2.75, 3.05) is 17.5 Å². The second-order valence-corrected chi connectivity index (χ2v) is 9.29. The molecule has 0 radical (unpaired) electrons. The first-order valence-electron chi connectivity index (χ1n) is 9.30. The van der Waals surface area contributed by atoms with E-state index in [1.165, 1.54) is 30.3 Å². The van der Waals surface area contributed by atoms with E-state index in [1.807, 2.05) is 13.8 Å². The van der Waals surface area contributed by atoms with Gasteiger partial charge in [-0.05, 0) is 49.7 Å². The first-order chi connectivity index (χ1) is 14.2. The zero-order valence-corrected chi connectivity index (χ0v) is 19.0. The molecule has 7 nitrogen and oxygen atoms in total. The molecule has 0 heterocycles. The van der Waals surface area contributed by atoms with Crippen LogP contribution in [-0.2, 0) is 21.4 Å². The molecule has 1 atom stereocenters. The van der Waals surface area contributed by atoms with Crippen LogP contribution in [0.2, 0.25) is 10.0 Å². The van der Waals surface area contributed by atoms with Gasteiger partial charge in [0.25, 0.3) is 10.0 Å². The van der Waals surface area contributed by atoms with E-state index in [0.29, 0.717) is 15.6 Å². The molecule has 0 aromatic heterocycles. The number of sulfonamides is 1. The number of hydrogen-bond donors (Lipinski definition) is 2. The van der Waals surface area contributed by atoms with Gasteiger partial charge in [-0.2, -0.15) is 0 Å². The fraction of sp³-hybridized carbons (Fsp3) is 0.350. The summed E-state index contributed by atoms with van der Waals surface area (Å²) in [6.45, 7) is 2.98. The number of aliphatic hydroxyl groups is 1. The van der Waals surface area contributed by atoms with Crippen LogP contribution in [0.25, 0.3) is 0 Å². The van der Waals surface area contributed by atoms with Crippen molar-refractivity contribution < 1.29 is 23.1 Å². The largest absolute Gasteiger partial charge is 0.448 e. The molecular weight excluding hydrogens is 451 g/mol. The molecule has 2 N–H and O–H groups in total. The van der Waals surface area contributed by atoms with E-state index in [0.717, 1.165) is 10.7 Å². The normalized spacial score (nSPS) is 12.3. The summed E-state index contributed by atoms with van der Waals surface area (Å²) < 4.78 is 32.9. The highest BCUT2D eigenvalue weighted by atomic mass is 35.5. The molecule has 0 aliphatic heterocycles. The number of amides is 1. The molecule has 2 aromatic rings. The van der Waals surface area contributed by atoms with Crippen LogP contribution >= 0.6 is 23.2 Å². The molecule has 0 aliphatic carbocycles. The van der Waals surface area contributed by atoms with Crippen LogP contribution in [0.15, 0.2) is 47.4 Å². The lowest BCUT2D eigenvalue weighted by Gasteiger charge is -2.26. The van der Waals surface area contributed by atoms with Gasteiger partial charge in [0.2, 0.25) is 0 Å². The summed E-state index contributed by atoms with van der Waals surface area (Å²) in [4.78, 5) is 11.9. The minimum absolute atomic E-state index is 0.000165. The summed E-state index contributed by atoms with van der Waals surface area (Å²) in [5, 5.41) is 13.0. The number of aliphatic hydroxyl groups excluding tert-OH is 1. The Bertz CT molecular complexity index is 968. The predicted molar refractivity (Wildman–Crippen MR) is 118 cm³/mol. The van der Waals surface area contributed by atoms with Crippen LogP contribution in [0.4, 0.5) is 10.5 Å². The Balaban J connectivity index is 2.35. The van der Waals surface area contributed by atoms with Gasteiger partial charge in [-0.25, -0.2) is 13.2 Å². The number of nitrogens with one attached hydrogen (secondary N) is 1. The number of ether oxygens (including phenoxy) is 1. The number of rotatable bonds is 9. The summed E-state index contributed by atoms with van der Waals surface area (Å²) in [6, 6.07) is 10.2. The third-order valence-corrected chi connectivity index (χ3v) is 6.71. The Morgan fingerprint density at radius 1 is 1.17 bits per heavy atom. The average Bonchev–Trinajstić information content (AvgIpc) is 2.71. The lowest BCUT2D eigenvalue weighted by molar-refractivity contribution is 0.146. The maximum atomic E-state index is 13.3. The van der Waals surface area contributed by atoms with E-state index in [4.69, 9.17) is 27.9 Å². The molecule has 164 valence electrons. The highest BCUT2D eigenvalue weighted by Crippen LogP contribution is 2.30. The Morgan fingerprint density at radius 2 is 1.80 bits per heavy atom. The minimum atomic E-state index is -4.05. The number of carbonyl (C=O) groups excluding carboxylic acids is 1. The molecule has 0 bridgehead atoms. The molecule has 0 fully saturated rings. The fourth-order valence-corrected chi connectivity index (χ4v) is 4.34. The summed E-state index contributed by atoms with van der Waals surface area (Å²) in [5.41, 5.74) is 0.562. The molecule has 1 unspecified atom stereocenters. The quantitative estimate of drug-likeness (QED) is 0.567. The molecule has 0 saturated heterocycles. The van der Waals surface area contributed by atoms with Crippen LogP contribution in [0.5, 0.6) is 0 Å². The zero-order chi connectivity index (χ0) is 22.3. The van der Waals surface area contributed by atoms with Gasteiger partial charge in [0.05, 0.1) is 23.7 Å². The number of hydrogen-bond acceptors (Lipinski definition) is 5. The number of halogens is 2. The number of nitrogens with zero attached hydrogens (tertiary/aromatic N) is 1. The molecule has 2 rings (SSSR count). The molecule has 0 saturated carbocycles. The predicted octanol–water partition coefficient (Wildman–Crippen LogP) is 4.21. The van der Waals surface area contributed by atoms with Crippen molar-refractivity contribution in [3.05, 3.63) is 58.1 Å². The Labute approximate surface area is 186 Å². The van der Waals surface area contributed by atoms with Crippen LogP contribution in [0.3, 0.4) is 0 Å². The van der Waals surface area contributed by atoms with Crippen molar-refractivity contribution in [2.24, 2.45) is 0 Å². The van der Waals surface area contributed by atoms with Gasteiger partial charge in [0.1, 0.15) is 6.61 Å². The van der Waals surface area contributed by atoms with Gasteiger partial charge in [0, 0.05) is 21.7 Å². The third-order valence-electron chi connectivity index (χ3n) is 4.39. The summed E-state index contributed by atoms with van der Waals surface area (Å²) in [7, 11) is -4.05. The first kappa shape index (κ1) is 24.3. The lowest BCUT2D eigenvalue weighted by Crippen LogP contribution is -2.37. The Morgan fingerprint density at radius 3 is 2.40 bits per heavy atom. The smallest absolute Gasteiger partial charge is 0.407 e. The van der Waals surface area contributed by atoms with Crippen molar-refractivity contribution in [3.63, 3.8) is 0 Å². The maximum absolute atomic E-state index is 13.3. The van der Waals surface area contributed by atoms with Crippen LogP contribution in [-0.4, -0.2) is 38.8 Å². The SMILES string of the molecule is CCC(C)NC(=O)OCCN(c1cc(Cl)ccc1CO)S(=O)(=O)c1ccc(Cl)cc1. The standard InChI is InChI=1S/C20H24Cl2N2O5S/c1-3-14(2)23-20(26)29-11-10-24(19-12-17(22)5-4-15(19)13-25)30(27,28)18-8-6-16(21)7-9-18/h4-9,12,14,25H,3,10-11,13H2,1-2H3,(H,23,26). The number of benzene rings is 2. The summed E-state index contributed by atoms with van der Waals surface area (Å²) in [6.07, 6.45) is 0.0934. The van der Waals surface area contributed by atoms with Crippen molar-refractivity contribution in [1.82, 2.24) is 5.32 Å². The van der Waals surface area contributed by atoms with Crippen molar-refractivity contribution >= 4 is 45.0 Å². The van der Waals surface area contributed by atoms with E-state index < -0.39 is 22.7 Å². The highest BCUT2D eigenvalue weighted by molar-refractivity contribution is 7.92. The maximum Gasteiger partial charge on any atom is 0.407 e. The lowest BCUT2D eigenvalue weighted by atomic mass is 10.2. The number of alkyl carbamates (subject to hydrolysis) is 1. The van der Waals surface area contributed by atoms with E-state index >= 15 is 0 Å². The van der Waals surface area contributed by atoms with E-state index in [9.17, 15) is 18.3 Å². The van der Waals surface area contributed by atoms with Crippen molar-refractivity contribution in [2.45, 2.75) is 37.8 Å². The second kappa shape index (κ2) is 10.9. The van der Waals surface area contributed by atoms with Gasteiger partial charge in [-0.3, -0.25) is 4.31 Å². The van der Waals surface area contributed by atoms with Crippen molar-refractivity contribution in [1.29, 1.82) is 0 Å². The van der Waals surface area contributed by atoms with Gasteiger partial charge >= 0.3 is 6.09 Å². The summed E-state index contributed by atoms with van der Waals surface area (Å²) >= 11 is 12.0. The summed E-state index contributed by atoms with van der Waals surface area (Å²) in [5.74, 6) is 0. The first-order valence-corrected chi connectivity index (χ1v) is 11.5. The number of carbonyl (C=O) groups is 1. The highest BCUT2D eigenvalue weighted by Gasteiger charge is 2.27. The fourth-order valence-electron chi connectivity index (χ4n) is 2.57. The molecule has 2 aromatic carbocycles. The number of anilines is 1. The van der Waals surface area contributed by atoms with Crippen molar-refractivity contribution in [3.8, 4) is 0 Å². The molecule has 1 amide bonds. The van der Waals surface area contributed by atoms with Gasteiger partial charge in [0.15, 0.2) is 0 Å². The molecule has 10 heteroatoms. The molecule has 0 aliphatic rings.